The maximum absolute atomic E-state index is 12.4. The summed E-state index contributed by atoms with van der Waals surface area (Å²) in [5.41, 5.74) is 3.90. The minimum Gasteiger partial charge on any atom is -0.369 e. The van der Waals surface area contributed by atoms with Crippen molar-refractivity contribution in [2.75, 3.05) is 24.5 Å². The highest BCUT2D eigenvalue weighted by Gasteiger charge is 2.23. The molecule has 1 N–H and O–H groups in total. The first-order valence-electron chi connectivity index (χ1n) is 8.15. The number of carbonyl (C=O) groups excluding carboxylic acids is 1. The number of anilines is 1. The van der Waals surface area contributed by atoms with Crippen LogP contribution in [0.1, 0.15) is 47.1 Å². The van der Waals surface area contributed by atoms with Crippen LogP contribution in [0.25, 0.3) is 0 Å². The number of para-hydroxylation sites is 1. The van der Waals surface area contributed by atoms with Crippen LogP contribution in [0.5, 0.6) is 0 Å². The SMILES string of the molecule is Cc1noc(C(C)C)c1C(=O)NCCN1CCc2ccccc21. The Morgan fingerprint density at radius 3 is 2.96 bits per heavy atom. The van der Waals surface area contributed by atoms with E-state index in [4.69, 9.17) is 4.52 Å². The summed E-state index contributed by atoms with van der Waals surface area (Å²) >= 11 is 0. The molecule has 2 heterocycles. The Bertz CT molecular complexity index is 706. The van der Waals surface area contributed by atoms with Gasteiger partial charge in [-0.1, -0.05) is 37.2 Å². The molecule has 0 saturated heterocycles. The van der Waals surface area contributed by atoms with Crippen molar-refractivity contribution in [3.05, 3.63) is 46.8 Å². The van der Waals surface area contributed by atoms with Gasteiger partial charge in [-0.3, -0.25) is 4.79 Å². The van der Waals surface area contributed by atoms with Gasteiger partial charge in [-0.15, -0.1) is 0 Å². The van der Waals surface area contributed by atoms with Crippen molar-refractivity contribution >= 4 is 11.6 Å². The second-order valence-corrected chi connectivity index (χ2v) is 6.28. The smallest absolute Gasteiger partial charge is 0.256 e. The fourth-order valence-corrected chi connectivity index (χ4v) is 3.09. The Morgan fingerprint density at radius 2 is 2.17 bits per heavy atom. The number of amides is 1. The van der Waals surface area contributed by atoms with Crippen LogP contribution in [-0.2, 0) is 6.42 Å². The molecule has 0 atom stereocenters. The molecule has 1 aromatic heterocycles. The van der Waals surface area contributed by atoms with E-state index in [1.807, 2.05) is 13.8 Å². The van der Waals surface area contributed by atoms with Crippen LogP contribution in [0, 0.1) is 6.92 Å². The molecule has 0 saturated carbocycles. The first kappa shape index (κ1) is 15.6. The van der Waals surface area contributed by atoms with E-state index in [-0.39, 0.29) is 11.8 Å². The zero-order valence-corrected chi connectivity index (χ0v) is 13.9. The molecule has 1 amide bonds. The summed E-state index contributed by atoms with van der Waals surface area (Å²) in [7, 11) is 0. The van der Waals surface area contributed by atoms with Crippen LogP contribution in [0.15, 0.2) is 28.8 Å². The van der Waals surface area contributed by atoms with Crippen molar-refractivity contribution in [2.45, 2.75) is 33.1 Å². The van der Waals surface area contributed by atoms with E-state index in [1.54, 1.807) is 6.92 Å². The number of fused-ring (bicyclic) bond motifs is 1. The number of carbonyl (C=O) groups is 1. The van der Waals surface area contributed by atoms with Gasteiger partial charge in [0.2, 0.25) is 0 Å². The van der Waals surface area contributed by atoms with E-state index < -0.39 is 0 Å². The van der Waals surface area contributed by atoms with Gasteiger partial charge in [-0.25, -0.2) is 0 Å². The molecule has 0 aliphatic carbocycles. The molecule has 0 fully saturated rings. The summed E-state index contributed by atoms with van der Waals surface area (Å²) in [4.78, 5) is 14.8. The number of hydrogen-bond acceptors (Lipinski definition) is 4. The lowest BCUT2D eigenvalue weighted by molar-refractivity contribution is 0.0951. The Kier molecular flexibility index (Phi) is 4.37. The molecule has 1 aromatic carbocycles. The van der Waals surface area contributed by atoms with E-state index in [0.717, 1.165) is 19.5 Å². The Hall–Kier alpha value is -2.30. The van der Waals surface area contributed by atoms with Gasteiger partial charge in [-0.2, -0.15) is 0 Å². The Balaban J connectivity index is 1.60. The predicted molar refractivity (Wildman–Crippen MR) is 90.0 cm³/mol. The zero-order valence-electron chi connectivity index (χ0n) is 13.9. The van der Waals surface area contributed by atoms with Crippen molar-refractivity contribution in [2.24, 2.45) is 0 Å². The van der Waals surface area contributed by atoms with E-state index in [2.05, 4.69) is 39.6 Å². The molecule has 1 aliphatic heterocycles. The molecule has 0 spiro atoms. The monoisotopic (exact) mass is 313 g/mol. The number of aryl methyl sites for hydroxylation is 1. The summed E-state index contributed by atoms with van der Waals surface area (Å²) in [5.74, 6) is 0.703. The first-order chi connectivity index (χ1) is 11.1. The highest BCUT2D eigenvalue weighted by molar-refractivity contribution is 5.96. The van der Waals surface area contributed by atoms with Gasteiger partial charge >= 0.3 is 0 Å². The highest BCUT2D eigenvalue weighted by Crippen LogP contribution is 2.26. The molecule has 0 radical (unpaired) electrons. The third-order valence-electron chi connectivity index (χ3n) is 4.29. The summed E-state index contributed by atoms with van der Waals surface area (Å²) in [5, 5.41) is 6.93. The van der Waals surface area contributed by atoms with E-state index in [9.17, 15) is 4.79 Å². The van der Waals surface area contributed by atoms with E-state index in [1.165, 1.54) is 11.3 Å². The third kappa shape index (κ3) is 3.09. The number of nitrogens with zero attached hydrogens (tertiary/aromatic N) is 2. The van der Waals surface area contributed by atoms with Crippen molar-refractivity contribution in [3.8, 4) is 0 Å². The summed E-state index contributed by atoms with van der Waals surface area (Å²) < 4.78 is 5.28. The van der Waals surface area contributed by atoms with Crippen molar-refractivity contribution in [1.29, 1.82) is 0 Å². The van der Waals surface area contributed by atoms with Crippen molar-refractivity contribution in [1.82, 2.24) is 10.5 Å². The average Bonchev–Trinajstić information content (AvgIpc) is 3.11. The molecule has 0 bridgehead atoms. The molecule has 5 heteroatoms. The van der Waals surface area contributed by atoms with Crippen molar-refractivity contribution < 1.29 is 9.32 Å². The molecule has 0 unspecified atom stereocenters. The molecule has 3 rings (SSSR count). The second kappa shape index (κ2) is 6.44. The normalized spacial score (nSPS) is 13.5. The van der Waals surface area contributed by atoms with Gasteiger partial charge in [0, 0.05) is 31.2 Å². The second-order valence-electron chi connectivity index (χ2n) is 6.28. The van der Waals surface area contributed by atoms with E-state index >= 15 is 0 Å². The average molecular weight is 313 g/mol. The maximum Gasteiger partial charge on any atom is 0.256 e. The van der Waals surface area contributed by atoms with Gasteiger partial charge in [-0.05, 0) is 25.0 Å². The third-order valence-corrected chi connectivity index (χ3v) is 4.29. The summed E-state index contributed by atoms with van der Waals surface area (Å²) in [6.07, 6.45) is 1.08. The van der Waals surface area contributed by atoms with Gasteiger partial charge in [0.15, 0.2) is 5.76 Å². The molecule has 1 aliphatic rings. The van der Waals surface area contributed by atoms with Crippen LogP contribution < -0.4 is 10.2 Å². The predicted octanol–water partition coefficient (Wildman–Crippen LogP) is 2.90. The minimum absolute atomic E-state index is 0.0973. The van der Waals surface area contributed by atoms with Crippen LogP contribution in [-0.4, -0.2) is 30.7 Å². The lowest BCUT2D eigenvalue weighted by Crippen LogP contribution is -2.34. The Labute approximate surface area is 136 Å². The van der Waals surface area contributed by atoms with Crippen molar-refractivity contribution in [3.63, 3.8) is 0 Å². The lowest BCUT2D eigenvalue weighted by atomic mass is 10.0. The zero-order chi connectivity index (χ0) is 16.4. The number of rotatable bonds is 5. The number of hydrogen-bond donors (Lipinski definition) is 1. The van der Waals surface area contributed by atoms with Gasteiger partial charge in [0.25, 0.3) is 5.91 Å². The summed E-state index contributed by atoms with van der Waals surface area (Å²) in [6.45, 7) is 8.23. The topological polar surface area (TPSA) is 58.4 Å². The van der Waals surface area contributed by atoms with Crippen LogP contribution >= 0.6 is 0 Å². The molecule has 2 aromatic rings. The lowest BCUT2D eigenvalue weighted by Gasteiger charge is -2.19. The van der Waals surface area contributed by atoms with Gasteiger partial charge in [0.1, 0.15) is 5.56 Å². The van der Waals surface area contributed by atoms with Crippen LogP contribution in [0.2, 0.25) is 0 Å². The maximum atomic E-state index is 12.4. The minimum atomic E-state index is -0.0973. The van der Waals surface area contributed by atoms with E-state index in [0.29, 0.717) is 23.6 Å². The highest BCUT2D eigenvalue weighted by atomic mass is 16.5. The number of aromatic nitrogens is 1. The molecule has 122 valence electrons. The molecule has 5 nitrogen and oxygen atoms in total. The molecule has 23 heavy (non-hydrogen) atoms. The molecular weight excluding hydrogens is 290 g/mol. The van der Waals surface area contributed by atoms with Gasteiger partial charge < -0.3 is 14.7 Å². The standard InChI is InChI=1S/C18H23N3O2/c1-12(2)17-16(13(3)20-23-17)18(22)19-9-11-21-10-8-14-6-4-5-7-15(14)21/h4-7,12H,8-11H2,1-3H3,(H,19,22). The summed E-state index contributed by atoms with van der Waals surface area (Å²) in [6, 6.07) is 8.45. The largest absolute Gasteiger partial charge is 0.369 e. The molecular formula is C18H23N3O2. The quantitative estimate of drug-likeness (QED) is 0.922. The number of benzene rings is 1. The fourth-order valence-electron chi connectivity index (χ4n) is 3.09. The first-order valence-corrected chi connectivity index (χ1v) is 8.15. The fraction of sp³-hybridized carbons (Fsp3) is 0.444. The van der Waals surface area contributed by atoms with Gasteiger partial charge in [0.05, 0.1) is 5.69 Å². The van der Waals surface area contributed by atoms with Crippen LogP contribution in [0.4, 0.5) is 5.69 Å². The van der Waals surface area contributed by atoms with Crippen LogP contribution in [0.3, 0.4) is 0 Å². The number of nitrogens with one attached hydrogen (secondary N) is 1. The Morgan fingerprint density at radius 1 is 1.39 bits per heavy atom.